The molecule has 0 amide bonds. The zero-order chi connectivity index (χ0) is 21.9. The predicted octanol–water partition coefficient (Wildman–Crippen LogP) is 4.36. The normalized spacial score (nSPS) is 11.6. The molecule has 3 aromatic rings. The third kappa shape index (κ3) is 4.52. The number of rotatable bonds is 8. The molecule has 10 heteroatoms. The molecule has 0 aliphatic heterocycles. The summed E-state index contributed by atoms with van der Waals surface area (Å²) in [6.45, 7) is 4.20. The molecule has 1 aromatic heterocycles. The van der Waals surface area contributed by atoms with Crippen LogP contribution in [0, 0.1) is 0 Å². The number of fused-ring (bicyclic) bond motifs is 1. The molecule has 0 saturated heterocycles. The largest absolute Gasteiger partial charge is 0.495 e. The van der Waals surface area contributed by atoms with Crippen LogP contribution in [0.5, 0.6) is 5.75 Å². The fourth-order valence-corrected chi connectivity index (χ4v) is 4.50. The topological polar surface area (TPSA) is 84.4 Å². The first kappa shape index (κ1) is 22.3. The zero-order valence-corrected chi connectivity index (χ0v) is 18.7. The van der Waals surface area contributed by atoms with Crippen LogP contribution in [0.2, 0.25) is 10.2 Å². The second-order valence-corrected chi connectivity index (χ2v) is 9.25. The summed E-state index contributed by atoms with van der Waals surface area (Å²) >= 11 is 12.4. The van der Waals surface area contributed by atoms with Crippen LogP contribution in [-0.2, 0) is 16.6 Å². The minimum absolute atomic E-state index is 0.113. The third-order valence-electron chi connectivity index (χ3n) is 4.48. The van der Waals surface area contributed by atoms with Gasteiger partial charge in [0.15, 0.2) is 11.0 Å². The van der Waals surface area contributed by atoms with E-state index in [1.807, 2.05) is 6.07 Å². The van der Waals surface area contributed by atoms with Crippen LogP contribution < -0.4 is 10.1 Å². The Morgan fingerprint density at radius 2 is 1.93 bits per heavy atom. The molecular formula is C20H20Cl2N4O3S. The van der Waals surface area contributed by atoms with Crippen LogP contribution in [0.4, 0.5) is 5.82 Å². The number of aromatic nitrogens is 2. The van der Waals surface area contributed by atoms with Crippen molar-refractivity contribution >= 4 is 49.8 Å². The summed E-state index contributed by atoms with van der Waals surface area (Å²) < 4.78 is 31.8. The van der Waals surface area contributed by atoms with E-state index in [-0.39, 0.29) is 16.6 Å². The van der Waals surface area contributed by atoms with Gasteiger partial charge >= 0.3 is 0 Å². The van der Waals surface area contributed by atoms with Gasteiger partial charge in [-0.1, -0.05) is 35.3 Å². The maximum absolute atomic E-state index is 12.7. The molecule has 2 aromatic carbocycles. The molecule has 30 heavy (non-hydrogen) atoms. The van der Waals surface area contributed by atoms with Crippen molar-refractivity contribution < 1.29 is 13.2 Å². The van der Waals surface area contributed by atoms with Crippen molar-refractivity contribution in [2.45, 2.75) is 11.4 Å². The van der Waals surface area contributed by atoms with Crippen LogP contribution in [0.15, 0.2) is 53.9 Å². The lowest BCUT2D eigenvalue weighted by Crippen LogP contribution is -2.26. The molecule has 0 unspecified atom stereocenters. The van der Waals surface area contributed by atoms with E-state index in [0.29, 0.717) is 33.9 Å². The summed E-state index contributed by atoms with van der Waals surface area (Å²) in [6, 6.07) is 10.1. The van der Waals surface area contributed by atoms with E-state index < -0.39 is 10.0 Å². The second-order valence-electron chi connectivity index (χ2n) is 6.44. The van der Waals surface area contributed by atoms with Gasteiger partial charge in [-0.15, -0.1) is 16.8 Å². The summed E-state index contributed by atoms with van der Waals surface area (Å²) in [6.07, 6.45) is 1.52. The number of sulfonamides is 1. The van der Waals surface area contributed by atoms with E-state index in [4.69, 9.17) is 27.9 Å². The van der Waals surface area contributed by atoms with Gasteiger partial charge < -0.3 is 10.1 Å². The van der Waals surface area contributed by atoms with Crippen molar-refractivity contribution in [3.8, 4) is 5.75 Å². The lowest BCUT2D eigenvalue weighted by atomic mass is 10.1. The van der Waals surface area contributed by atoms with E-state index in [0.717, 1.165) is 5.56 Å². The van der Waals surface area contributed by atoms with Gasteiger partial charge in [0.2, 0.25) is 10.0 Å². The SMILES string of the molecule is C=CCN(C)S(=O)(=O)c1ccc2c(NCc3ccc(OC)c(Cl)c3)nnc(Cl)c2c1. The molecule has 0 bridgehead atoms. The third-order valence-corrected chi connectivity index (χ3v) is 6.87. The quantitative estimate of drug-likeness (QED) is 0.496. The molecule has 3 rings (SSSR count). The lowest BCUT2D eigenvalue weighted by Gasteiger charge is -2.16. The number of anilines is 1. The maximum Gasteiger partial charge on any atom is 0.243 e. The number of nitrogens with zero attached hydrogens (tertiary/aromatic N) is 3. The highest BCUT2D eigenvalue weighted by Gasteiger charge is 2.21. The maximum atomic E-state index is 12.7. The molecule has 0 saturated carbocycles. The number of ether oxygens (including phenoxy) is 1. The van der Waals surface area contributed by atoms with Gasteiger partial charge in [0.05, 0.1) is 17.0 Å². The highest BCUT2D eigenvalue weighted by Crippen LogP contribution is 2.30. The molecule has 1 N–H and O–H groups in total. The average molecular weight is 467 g/mol. The summed E-state index contributed by atoms with van der Waals surface area (Å²) in [7, 11) is -0.640. The zero-order valence-electron chi connectivity index (χ0n) is 16.4. The molecule has 0 atom stereocenters. The number of halogens is 2. The fourth-order valence-electron chi connectivity index (χ4n) is 2.86. The van der Waals surface area contributed by atoms with E-state index in [1.165, 1.54) is 29.6 Å². The highest BCUT2D eigenvalue weighted by atomic mass is 35.5. The van der Waals surface area contributed by atoms with Crippen molar-refractivity contribution in [2.24, 2.45) is 0 Å². The van der Waals surface area contributed by atoms with Crippen molar-refractivity contribution in [1.29, 1.82) is 0 Å². The van der Waals surface area contributed by atoms with Crippen LogP contribution in [0.1, 0.15) is 5.56 Å². The van der Waals surface area contributed by atoms with Crippen molar-refractivity contribution in [3.05, 3.63) is 64.8 Å². The summed E-state index contributed by atoms with van der Waals surface area (Å²) in [4.78, 5) is 0.113. The van der Waals surface area contributed by atoms with E-state index in [9.17, 15) is 8.42 Å². The van der Waals surface area contributed by atoms with E-state index in [1.54, 1.807) is 25.3 Å². The van der Waals surface area contributed by atoms with E-state index >= 15 is 0 Å². The van der Waals surface area contributed by atoms with Gasteiger partial charge in [0.1, 0.15) is 5.75 Å². The number of methoxy groups -OCH3 is 1. The first-order valence-electron chi connectivity index (χ1n) is 8.87. The first-order chi connectivity index (χ1) is 14.3. The highest BCUT2D eigenvalue weighted by molar-refractivity contribution is 7.89. The Labute approximate surface area is 185 Å². The van der Waals surface area contributed by atoms with Gasteiger partial charge in [0, 0.05) is 30.9 Å². The molecule has 0 fully saturated rings. The number of hydrogen-bond acceptors (Lipinski definition) is 6. The Balaban J connectivity index is 1.93. The van der Waals surface area contributed by atoms with Crippen molar-refractivity contribution in [2.75, 3.05) is 26.0 Å². The molecule has 7 nitrogen and oxygen atoms in total. The average Bonchev–Trinajstić information content (AvgIpc) is 2.73. The summed E-state index contributed by atoms with van der Waals surface area (Å²) in [5.74, 6) is 1.07. The summed E-state index contributed by atoms with van der Waals surface area (Å²) in [5.41, 5.74) is 0.913. The molecule has 158 valence electrons. The second kappa shape index (κ2) is 9.18. The molecule has 0 aliphatic carbocycles. The Hall–Kier alpha value is -2.39. The number of hydrogen-bond donors (Lipinski definition) is 1. The van der Waals surface area contributed by atoms with Gasteiger partial charge in [0.25, 0.3) is 0 Å². The van der Waals surface area contributed by atoms with E-state index in [2.05, 4.69) is 22.1 Å². The van der Waals surface area contributed by atoms with Crippen LogP contribution >= 0.6 is 23.2 Å². The molecular weight excluding hydrogens is 447 g/mol. The van der Waals surface area contributed by atoms with Crippen LogP contribution in [-0.4, -0.2) is 43.6 Å². The van der Waals surface area contributed by atoms with Crippen LogP contribution in [0.25, 0.3) is 10.8 Å². The van der Waals surface area contributed by atoms with Gasteiger partial charge in [-0.05, 0) is 35.9 Å². The Morgan fingerprint density at radius 3 is 2.60 bits per heavy atom. The van der Waals surface area contributed by atoms with Crippen molar-refractivity contribution in [1.82, 2.24) is 14.5 Å². The lowest BCUT2D eigenvalue weighted by molar-refractivity contribution is 0.415. The predicted molar refractivity (Wildman–Crippen MR) is 120 cm³/mol. The first-order valence-corrected chi connectivity index (χ1v) is 11.1. The Morgan fingerprint density at radius 1 is 1.17 bits per heavy atom. The summed E-state index contributed by atoms with van der Waals surface area (Å²) in [5, 5.41) is 13.0. The standard InChI is InChI=1S/C20H20Cl2N4O3S/c1-4-9-26(2)30(27,28)14-6-7-15-16(11-14)19(22)24-25-20(15)23-12-13-5-8-18(29-3)17(21)10-13/h4-8,10-11H,1,9,12H2,2-3H3,(H,23,25). The molecule has 0 aliphatic rings. The molecule has 0 spiro atoms. The molecule has 1 heterocycles. The molecule has 0 radical (unpaired) electrons. The number of benzene rings is 2. The van der Waals surface area contributed by atoms with Gasteiger partial charge in [-0.3, -0.25) is 0 Å². The Bertz CT molecular complexity index is 1200. The van der Waals surface area contributed by atoms with Gasteiger partial charge in [-0.25, -0.2) is 8.42 Å². The monoisotopic (exact) mass is 466 g/mol. The van der Waals surface area contributed by atoms with Gasteiger partial charge in [-0.2, -0.15) is 4.31 Å². The Kier molecular flexibility index (Phi) is 6.82. The minimum Gasteiger partial charge on any atom is -0.495 e. The van der Waals surface area contributed by atoms with Crippen LogP contribution in [0.3, 0.4) is 0 Å². The number of nitrogens with one attached hydrogen (secondary N) is 1. The fraction of sp³-hybridized carbons (Fsp3) is 0.200. The minimum atomic E-state index is -3.68. The number of likely N-dealkylation sites (N-methyl/N-ethyl adjacent to an activating group) is 1. The van der Waals surface area contributed by atoms with Crippen molar-refractivity contribution in [3.63, 3.8) is 0 Å². The smallest absolute Gasteiger partial charge is 0.243 e.